The van der Waals surface area contributed by atoms with Crippen molar-refractivity contribution in [3.63, 3.8) is 0 Å². The van der Waals surface area contributed by atoms with Gasteiger partial charge in [-0.1, -0.05) is 118 Å². The molecule has 0 bridgehead atoms. The Kier molecular flexibility index (Phi) is 34.0. The average molecular weight is 1240 g/mol. The molecule has 1 spiro atoms. The molecule has 5 fully saturated rings. The number of hydrogen-bond donors (Lipinski definition) is 0. The van der Waals surface area contributed by atoms with Crippen LogP contribution in [0, 0.1) is 61.1 Å². The van der Waals surface area contributed by atoms with E-state index in [1.54, 1.807) is 0 Å². The highest BCUT2D eigenvalue weighted by Gasteiger charge is 2.67. The Morgan fingerprint density at radius 2 is 1.05 bits per heavy atom. The van der Waals surface area contributed by atoms with Crippen LogP contribution in [-0.4, -0.2) is 85.0 Å². The molecular formula is C73H136O14. The van der Waals surface area contributed by atoms with Gasteiger partial charge in [0, 0.05) is 17.3 Å². The summed E-state index contributed by atoms with van der Waals surface area (Å²) < 4.78 is 36.7. The fourth-order valence-electron chi connectivity index (χ4n) is 10.7. The molecule has 0 aromatic heterocycles. The van der Waals surface area contributed by atoms with Gasteiger partial charge in [0.1, 0.15) is 22.4 Å². The lowest BCUT2D eigenvalue weighted by Gasteiger charge is -2.47. The minimum atomic E-state index is -0.328. The van der Waals surface area contributed by atoms with E-state index in [2.05, 4.69) is 99.5 Å². The largest absolute Gasteiger partial charge is 0.469 e. The summed E-state index contributed by atoms with van der Waals surface area (Å²) in [6, 6.07) is 0. The van der Waals surface area contributed by atoms with Gasteiger partial charge >= 0.3 is 41.8 Å². The summed E-state index contributed by atoms with van der Waals surface area (Å²) in [7, 11) is 2.83. The fraction of sp³-hybridized carbons (Fsp3) is 0.904. The van der Waals surface area contributed by atoms with E-state index in [-0.39, 0.29) is 113 Å². The molecule has 6 unspecified atom stereocenters. The van der Waals surface area contributed by atoms with Crippen LogP contribution >= 0.6 is 0 Å². The topological polar surface area (TPSA) is 184 Å². The predicted molar refractivity (Wildman–Crippen MR) is 352 cm³/mol. The lowest BCUT2D eigenvalue weighted by molar-refractivity contribution is -0.186. The number of carbonyl (C=O) groups excluding carboxylic acids is 7. The number of hydrogen-bond acceptors (Lipinski definition) is 14. The van der Waals surface area contributed by atoms with E-state index >= 15 is 0 Å². The summed E-state index contributed by atoms with van der Waals surface area (Å²) in [5, 5.41) is 0. The molecule has 6 atom stereocenters. The third-order valence-electron chi connectivity index (χ3n) is 22.6. The maximum atomic E-state index is 12.3. The van der Waals surface area contributed by atoms with Crippen molar-refractivity contribution >= 4 is 41.8 Å². The van der Waals surface area contributed by atoms with Crippen molar-refractivity contribution in [1.82, 2.24) is 0 Å². The lowest BCUT2D eigenvalue weighted by atomic mass is 9.55. The number of esters is 7. The zero-order valence-electron chi connectivity index (χ0n) is 62.1. The monoisotopic (exact) mass is 1240 g/mol. The van der Waals surface area contributed by atoms with Gasteiger partial charge in [0.2, 0.25) is 0 Å². The number of carbonyl (C=O) groups is 7. The van der Waals surface area contributed by atoms with Crippen LogP contribution in [0.2, 0.25) is 0 Å². The normalized spacial score (nSPS) is 28.3. The molecule has 5 aliphatic rings. The second-order valence-electron chi connectivity index (χ2n) is 30.9. The molecule has 0 radical (unpaired) electrons. The van der Waals surface area contributed by atoms with Gasteiger partial charge < -0.3 is 33.2 Å². The summed E-state index contributed by atoms with van der Waals surface area (Å²) >= 11 is 0. The van der Waals surface area contributed by atoms with Crippen LogP contribution in [0.3, 0.4) is 0 Å². The van der Waals surface area contributed by atoms with Gasteiger partial charge in [-0.25, -0.2) is 0 Å². The summed E-state index contributed by atoms with van der Waals surface area (Å²) in [5.74, 6) is 0.826. The van der Waals surface area contributed by atoms with Crippen LogP contribution in [0.4, 0.5) is 0 Å². The molecule has 0 N–H and O–H groups in total. The van der Waals surface area contributed by atoms with E-state index in [9.17, 15) is 33.6 Å². The van der Waals surface area contributed by atoms with E-state index in [0.717, 1.165) is 102 Å². The molecule has 2 aliphatic carbocycles. The maximum Gasteiger partial charge on any atom is 0.313 e. The molecule has 5 rings (SSSR count). The van der Waals surface area contributed by atoms with E-state index in [0.29, 0.717) is 12.5 Å². The van der Waals surface area contributed by atoms with Crippen molar-refractivity contribution in [1.29, 1.82) is 0 Å². The first-order chi connectivity index (χ1) is 39.5. The van der Waals surface area contributed by atoms with Gasteiger partial charge in [-0.05, 0) is 210 Å². The first-order valence-corrected chi connectivity index (χ1v) is 33.8. The van der Waals surface area contributed by atoms with Crippen molar-refractivity contribution in [3.05, 3.63) is 0 Å². The molecule has 14 nitrogen and oxygen atoms in total. The second-order valence-corrected chi connectivity index (χ2v) is 30.9. The minimum Gasteiger partial charge on any atom is -0.469 e. The number of methoxy groups -OCH3 is 2. The first-order valence-electron chi connectivity index (χ1n) is 33.8. The summed E-state index contributed by atoms with van der Waals surface area (Å²) in [5.41, 5.74) is -2.70. The molecule has 0 aromatic carbocycles. The van der Waals surface area contributed by atoms with E-state index in [1.165, 1.54) is 39.9 Å². The van der Waals surface area contributed by atoms with Gasteiger partial charge in [-0.3, -0.25) is 33.6 Å². The smallest absolute Gasteiger partial charge is 0.313 e. The third-order valence-corrected chi connectivity index (χ3v) is 22.6. The van der Waals surface area contributed by atoms with E-state index < -0.39 is 0 Å². The third kappa shape index (κ3) is 22.6. The first kappa shape index (κ1) is 85.4. The Bertz CT molecular complexity index is 2150. The zero-order chi connectivity index (χ0) is 68.9. The minimum absolute atomic E-state index is 0.00951. The van der Waals surface area contributed by atoms with Crippen LogP contribution in [-0.2, 0) is 66.7 Å². The number of rotatable bonds is 15. The SMILES string of the molecule is CCC(C)(C)C(=O)OC.CCC(C)(C)C(=O)OC1(C)CCCC1.CCC(C)C(=O)OC.CCC1(C)C(=O)OC2(CCC(C)CC2)C1(C)C.CCC1(C)CC(C)(C(C)(C)C)OC1=O.CCC1(C)CCC(C)(C(C)C)C(=O)O1.CCOC(=O)C(C)(CC)CC. The molecule has 512 valence electrons. The maximum absolute atomic E-state index is 12.3. The van der Waals surface area contributed by atoms with Gasteiger partial charge in [-0.2, -0.15) is 0 Å². The molecular weight excluding hydrogens is 1100 g/mol. The van der Waals surface area contributed by atoms with Crippen molar-refractivity contribution in [2.24, 2.45) is 61.1 Å². The second kappa shape index (κ2) is 34.6. The van der Waals surface area contributed by atoms with E-state index in [1.807, 2.05) is 111 Å². The Hall–Kier alpha value is -3.71. The average Bonchev–Trinajstić information content (AvgIpc) is 1.62. The van der Waals surface area contributed by atoms with Gasteiger partial charge in [0.05, 0.1) is 59.2 Å². The van der Waals surface area contributed by atoms with Crippen molar-refractivity contribution in [2.75, 3.05) is 20.8 Å². The summed E-state index contributed by atoms with van der Waals surface area (Å²) in [6.07, 6.45) is 18.5. The van der Waals surface area contributed by atoms with Crippen molar-refractivity contribution in [2.45, 2.75) is 345 Å². The molecule has 0 aromatic rings. The molecule has 14 heteroatoms. The van der Waals surface area contributed by atoms with Crippen LogP contribution in [0.5, 0.6) is 0 Å². The van der Waals surface area contributed by atoms with Crippen LogP contribution in [0.15, 0.2) is 0 Å². The highest BCUT2D eigenvalue weighted by Crippen LogP contribution is 2.62. The molecule has 2 saturated carbocycles. The predicted octanol–water partition coefficient (Wildman–Crippen LogP) is 18.7. The molecule has 87 heavy (non-hydrogen) atoms. The van der Waals surface area contributed by atoms with Crippen LogP contribution in [0.1, 0.15) is 323 Å². The Morgan fingerprint density at radius 3 is 1.34 bits per heavy atom. The Morgan fingerprint density at radius 1 is 0.563 bits per heavy atom. The van der Waals surface area contributed by atoms with E-state index in [4.69, 9.17) is 23.7 Å². The zero-order valence-corrected chi connectivity index (χ0v) is 62.1. The highest BCUT2D eigenvalue weighted by molar-refractivity contribution is 5.81. The summed E-state index contributed by atoms with van der Waals surface area (Å²) in [4.78, 5) is 80.5. The number of cyclic esters (lactones) is 2. The summed E-state index contributed by atoms with van der Waals surface area (Å²) in [6.45, 7) is 59.6. The fourth-order valence-corrected chi connectivity index (χ4v) is 10.7. The standard InChI is InChI=1S/C15H26O2.3C12H22O2.C9H18O2.C7H14O2.C6H12O2/c1-6-14(5)12(16)17-15(13(14,3)4)9-7-11(2)8-10-15;1-7-11(5)8-12(6,10(2,3)4)14-9(11)13;1-6-11(4)7-8-12(5,9(2)3)10(13)14-11;1-5-11(2,3)10(13)14-12(4)8-6-7-9-12;1-5-9(4,6-2)8(10)11-7-3;1-5-7(2,3)6(8)9-4;1-4-5(2)6(7)8-3/h11H,6-10H2,1-5H3;7-8H2,1-6H3;9H,6-8H2,1-5H3;5-9H2,1-4H3;5-7H2,1-4H3;5H2,1-4H3;5H,4H2,1-3H3. The van der Waals surface area contributed by atoms with Crippen molar-refractivity contribution < 1.29 is 66.7 Å². The molecule has 3 aliphatic heterocycles. The van der Waals surface area contributed by atoms with Gasteiger partial charge in [0.25, 0.3) is 0 Å². The Balaban J connectivity index is 0. The van der Waals surface area contributed by atoms with Crippen LogP contribution < -0.4 is 0 Å². The van der Waals surface area contributed by atoms with Crippen LogP contribution in [0.25, 0.3) is 0 Å². The number of ether oxygens (including phenoxy) is 7. The molecule has 3 heterocycles. The van der Waals surface area contributed by atoms with Crippen molar-refractivity contribution in [3.8, 4) is 0 Å². The molecule has 3 saturated heterocycles. The van der Waals surface area contributed by atoms with Gasteiger partial charge in [0.15, 0.2) is 0 Å². The highest BCUT2D eigenvalue weighted by atomic mass is 16.6. The molecule has 0 amide bonds. The lowest BCUT2D eigenvalue weighted by Crippen LogP contribution is -2.49. The Labute approximate surface area is 533 Å². The quantitative estimate of drug-likeness (QED) is 0.111. The van der Waals surface area contributed by atoms with Gasteiger partial charge in [-0.15, -0.1) is 0 Å².